The van der Waals surface area contributed by atoms with E-state index in [0.717, 1.165) is 21.7 Å². The molecular weight excluding hydrogens is 314 g/mol. The van der Waals surface area contributed by atoms with E-state index in [9.17, 15) is 0 Å². The van der Waals surface area contributed by atoms with Gasteiger partial charge in [-0.3, -0.25) is 0 Å². The van der Waals surface area contributed by atoms with Crippen LogP contribution in [0.3, 0.4) is 0 Å². The molecule has 0 fully saturated rings. The van der Waals surface area contributed by atoms with Gasteiger partial charge >= 0.3 is 0 Å². The van der Waals surface area contributed by atoms with Crippen molar-refractivity contribution in [2.75, 3.05) is 0 Å². The molecule has 1 atom stereocenters. The molecule has 2 rings (SSSR count). The number of hydrogen-bond donors (Lipinski definition) is 1. The third-order valence-corrected chi connectivity index (χ3v) is 3.80. The molecule has 0 aliphatic rings. The van der Waals surface area contributed by atoms with E-state index < -0.39 is 0 Å². The molecule has 2 aromatic rings. The molecule has 0 aliphatic heterocycles. The normalized spacial score (nSPS) is 12.6. The summed E-state index contributed by atoms with van der Waals surface area (Å²) in [6.45, 7) is 2.84. The van der Waals surface area contributed by atoms with Crippen molar-refractivity contribution in [3.8, 4) is 0 Å². The molecule has 0 saturated heterocycles. The number of rotatable bonds is 5. The van der Waals surface area contributed by atoms with Crippen LogP contribution in [-0.2, 0) is 6.54 Å². The first kappa shape index (κ1) is 13.7. The number of nitrogens with one attached hydrogen (secondary N) is 1. The molecular formula is C14H15BrClNO. The summed E-state index contributed by atoms with van der Waals surface area (Å²) in [7, 11) is 0. The maximum atomic E-state index is 6.02. The summed E-state index contributed by atoms with van der Waals surface area (Å²) in [5.41, 5.74) is 1.20. The third kappa shape index (κ3) is 3.37. The highest BCUT2D eigenvalue weighted by Gasteiger charge is 2.11. The molecule has 1 unspecified atom stereocenters. The van der Waals surface area contributed by atoms with Gasteiger partial charge in [-0.05, 0) is 46.1 Å². The van der Waals surface area contributed by atoms with Crippen molar-refractivity contribution in [2.24, 2.45) is 0 Å². The Morgan fingerprint density at radius 1 is 1.39 bits per heavy atom. The van der Waals surface area contributed by atoms with Crippen molar-refractivity contribution in [1.82, 2.24) is 5.32 Å². The summed E-state index contributed by atoms with van der Waals surface area (Å²) in [4.78, 5) is 0. The van der Waals surface area contributed by atoms with Gasteiger partial charge in [-0.15, -0.1) is 0 Å². The van der Waals surface area contributed by atoms with Gasteiger partial charge in [0.2, 0.25) is 0 Å². The quantitative estimate of drug-likeness (QED) is 0.841. The Kier molecular flexibility index (Phi) is 4.87. The molecule has 18 heavy (non-hydrogen) atoms. The van der Waals surface area contributed by atoms with E-state index in [4.69, 9.17) is 16.0 Å². The van der Waals surface area contributed by atoms with E-state index in [1.165, 1.54) is 5.56 Å². The number of halogens is 2. The van der Waals surface area contributed by atoms with Crippen LogP contribution in [0, 0.1) is 0 Å². The maximum Gasteiger partial charge on any atom is 0.131 e. The maximum absolute atomic E-state index is 6.02. The molecule has 0 radical (unpaired) electrons. The molecule has 0 aliphatic carbocycles. The Morgan fingerprint density at radius 2 is 2.22 bits per heavy atom. The molecule has 0 bridgehead atoms. The van der Waals surface area contributed by atoms with Crippen LogP contribution < -0.4 is 5.32 Å². The molecule has 0 spiro atoms. The largest absolute Gasteiger partial charge is 0.467 e. The molecule has 0 amide bonds. The van der Waals surface area contributed by atoms with E-state index >= 15 is 0 Å². The van der Waals surface area contributed by atoms with Gasteiger partial charge in [-0.2, -0.15) is 0 Å². The van der Waals surface area contributed by atoms with Crippen LogP contribution in [0.2, 0.25) is 5.02 Å². The second-order valence-electron chi connectivity index (χ2n) is 4.09. The summed E-state index contributed by atoms with van der Waals surface area (Å²) < 4.78 is 6.38. The fourth-order valence-electron chi connectivity index (χ4n) is 1.89. The van der Waals surface area contributed by atoms with Crippen LogP contribution in [-0.4, -0.2) is 0 Å². The molecule has 0 saturated carbocycles. The lowest BCUT2D eigenvalue weighted by molar-refractivity contribution is 0.441. The number of benzene rings is 1. The van der Waals surface area contributed by atoms with Crippen molar-refractivity contribution in [2.45, 2.75) is 25.9 Å². The topological polar surface area (TPSA) is 25.2 Å². The molecule has 1 heterocycles. The highest BCUT2D eigenvalue weighted by atomic mass is 79.9. The zero-order chi connectivity index (χ0) is 13.0. The van der Waals surface area contributed by atoms with Crippen LogP contribution in [0.4, 0.5) is 0 Å². The zero-order valence-electron chi connectivity index (χ0n) is 10.1. The average molecular weight is 329 g/mol. The zero-order valence-corrected chi connectivity index (χ0v) is 12.5. The first-order valence-corrected chi connectivity index (χ1v) is 7.08. The van der Waals surface area contributed by atoms with Crippen molar-refractivity contribution in [1.29, 1.82) is 0 Å². The Hall–Kier alpha value is -0.770. The van der Waals surface area contributed by atoms with Crippen LogP contribution in [0.1, 0.15) is 30.7 Å². The Bertz CT molecular complexity index is 512. The van der Waals surface area contributed by atoms with Gasteiger partial charge in [0.1, 0.15) is 5.76 Å². The number of hydrogen-bond acceptors (Lipinski definition) is 2. The minimum Gasteiger partial charge on any atom is -0.467 e. The lowest BCUT2D eigenvalue weighted by Gasteiger charge is -2.17. The fourth-order valence-corrected chi connectivity index (χ4v) is 2.43. The van der Waals surface area contributed by atoms with Gasteiger partial charge < -0.3 is 9.73 Å². The standard InChI is InChI=1S/C14H15BrClNO/c1-2-13(10-4-3-5-11(16)8-10)17-9-14-12(15)6-7-18-14/h3-8,13,17H,2,9H2,1H3. The van der Waals surface area contributed by atoms with E-state index in [1.807, 2.05) is 24.3 Å². The van der Waals surface area contributed by atoms with Crippen molar-refractivity contribution in [3.63, 3.8) is 0 Å². The molecule has 2 nitrogen and oxygen atoms in total. The van der Waals surface area contributed by atoms with Gasteiger partial charge in [0, 0.05) is 11.1 Å². The van der Waals surface area contributed by atoms with Gasteiger partial charge in [0.15, 0.2) is 0 Å². The van der Waals surface area contributed by atoms with E-state index in [-0.39, 0.29) is 6.04 Å². The average Bonchev–Trinajstić information content (AvgIpc) is 2.76. The summed E-state index contributed by atoms with van der Waals surface area (Å²) in [6, 6.07) is 10.1. The third-order valence-electron chi connectivity index (χ3n) is 2.86. The smallest absolute Gasteiger partial charge is 0.131 e. The first-order valence-electron chi connectivity index (χ1n) is 5.91. The van der Waals surface area contributed by atoms with Crippen molar-refractivity contribution in [3.05, 3.63) is 57.4 Å². The predicted molar refractivity (Wildman–Crippen MR) is 77.7 cm³/mol. The van der Waals surface area contributed by atoms with Crippen molar-refractivity contribution < 1.29 is 4.42 Å². The second-order valence-corrected chi connectivity index (χ2v) is 5.38. The summed E-state index contributed by atoms with van der Waals surface area (Å²) in [5.74, 6) is 0.912. The molecule has 4 heteroatoms. The SMILES string of the molecule is CCC(NCc1occc1Br)c1cccc(Cl)c1. The van der Waals surface area contributed by atoms with Gasteiger partial charge in [-0.25, -0.2) is 0 Å². The number of furan rings is 1. The Labute approximate surface area is 120 Å². The molecule has 1 aromatic heterocycles. The van der Waals surface area contributed by atoms with Crippen LogP contribution in [0.5, 0.6) is 0 Å². The van der Waals surface area contributed by atoms with Gasteiger partial charge in [0.05, 0.1) is 17.3 Å². The summed E-state index contributed by atoms with van der Waals surface area (Å²) in [6.07, 6.45) is 2.68. The van der Waals surface area contributed by atoms with Crippen LogP contribution in [0.25, 0.3) is 0 Å². The van der Waals surface area contributed by atoms with Crippen molar-refractivity contribution >= 4 is 27.5 Å². The minimum atomic E-state index is 0.278. The Morgan fingerprint density at radius 3 is 2.83 bits per heavy atom. The minimum absolute atomic E-state index is 0.278. The molecule has 1 N–H and O–H groups in total. The predicted octanol–water partition coefficient (Wildman–Crippen LogP) is 4.94. The second kappa shape index (κ2) is 6.41. The van der Waals surface area contributed by atoms with Gasteiger partial charge in [0.25, 0.3) is 0 Å². The van der Waals surface area contributed by atoms with Crippen LogP contribution in [0.15, 0.2) is 45.5 Å². The van der Waals surface area contributed by atoms with E-state index in [0.29, 0.717) is 6.54 Å². The summed E-state index contributed by atoms with van der Waals surface area (Å²) in [5, 5.41) is 4.24. The lowest BCUT2D eigenvalue weighted by atomic mass is 10.0. The molecule has 96 valence electrons. The monoisotopic (exact) mass is 327 g/mol. The first-order chi connectivity index (χ1) is 8.70. The lowest BCUT2D eigenvalue weighted by Crippen LogP contribution is -2.20. The highest BCUT2D eigenvalue weighted by molar-refractivity contribution is 9.10. The fraction of sp³-hybridized carbons (Fsp3) is 0.286. The van der Waals surface area contributed by atoms with E-state index in [2.05, 4.69) is 34.2 Å². The van der Waals surface area contributed by atoms with E-state index in [1.54, 1.807) is 6.26 Å². The Balaban J connectivity index is 2.04. The summed E-state index contributed by atoms with van der Waals surface area (Å²) >= 11 is 9.47. The molecule has 1 aromatic carbocycles. The highest BCUT2D eigenvalue weighted by Crippen LogP contribution is 2.22. The van der Waals surface area contributed by atoms with Gasteiger partial charge in [-0.1, -0.05) is 30.7 Å². The van der Waals surface area contributed by atoms with Crippen LogP contribution >= 0.6 is 27.5 Å².